The quantitative estimate of drug-likeness (QED) is 0.690. The van der Waals surface area contributed by atoms with Crippen LogP contribution in [0.4, 0.5) is 0 Å². The summed E-state index contributed by atoms with van der Waals surface area (Å²) in [6, 6.07) is 0. The number of aliphatic hydroxyl groups is 1. The lowest BCUT2D eigenvalue weighted by molar-refractivity contribution is 0.162. The molecule has 74 valence electrons. The molecule has 3 heteroatoms. The minimum atomic E-state index is -1.68. The van der Waals surface area contributed by atoms with Crippen LogP contribution in [0.5, 0.6) is 0 Å². The second kappa shape index (κ2) is 4.39. The van der Waals surface area contributed by atoms with E-state index in [0.29, 0.717) is 5.54 Å². The fourth-order valence-corrected chi connectivity index (χ4v) is 3.89. The van der Waals surface area contributed by atoms with E-state index in [1.807, 2.05) is 20.8 Å². The molecule has 0 aromatic heterocycles. The second-order valence-corrected chi connectivity index (χ2v) is 8.65. The van der Waals surface area contributed by atoms with Crippen molar-refractivity contribution in [2.75, 3.05) is 0 Å². The molecule has 0 radical (unpaired) electrons. The number of rotatable bonds is 4. The molecule has 0 aliphatic rings. The summed E-state index contributed by atoms with van der Waals surface area (Å²) in [5.74, 6) is 0. The maximum atomic E-state index is 9.42. The molecule has 0 fully saturated rings. The summed E-state index contributed by atoms with van der Waals surface area (Å²) in [6.07, 6.45) is 0.0123. The van der Waals surface area contributed by atoms with E-state index in [9.17, 15) is 5.11 Å². The van der Waals surface area contributed by atoms with Crippen molar-refractivity contribution in [1.29, 1.82) is 0 Å². The highest BCUT2D eigenvalue weighted by atomic mass is 28.4. The highest BCUT2D eigenvalue weighted by Gasteiger charge is 2.33. The molecule has 0 bridgehead atoms. The Bertz CT molecular complexity index is 132. The van der Waals surface area contributed by atoms with Crippen LogP contribution in [0, 0.1) is 0 Å². The standard InChI is InChI=1S/C9H22O2Si/c1-7(2)11-12(5,6)9(4)8(3)10/h7-10H,1-6H3/t8-,9-/m1/s1. The van der Waals surface area contributed by atoms with Gasteiger partial charge in [-0.2, -0.15) is 0 Å². The largest absolute Gasteiger partial charge is 0.415 e. The van der Waals surface area contributed by atoms with Gasteiger partial charge in [-0.15, -0.1) is 0 Å². The van der Waals surface area contributed by atoms with Gasteiger partial charge in [0.1, 0.15) is 0 Å². The molecule has 0 aromatic rings. The molecule has 0 unspecified atom stereocenters. The van der Waals surface area contributed by atoms with Gasteiger partial charge in [0.25, 0.3) is 0 Å². The van der Waals surface area contributed by atoms with Crippen LogP contribution in [0.2, 0.25) is 18.6 Å². The van der Waals surface area contributed by atoms with Gasteiger partial charge in [0.2, 0.25) is 0 Å². The summed E-state index contributed by atoms with van der Waals surface area (Å²) in [7, 11) is -1.68. The SMILES string of the molecule is CC(C)O[Si](C)(C)[C@H](C)[C@@H](C)O. The third-order valence-electron chi connectivity index (χ3n) is 2.36. The predicted molar refractivity (Wildman–Crippen MR) is 54.8 cm³/mol. The van der Waals surface area contributed by atoms with Gasteiger partial charge in [0.15, 0.2) is 8.32 Å². The third kappa shape index (κ3) is 3.69. The monoisotopic (exact) mass is 190 g/mol. The smallest absolute Gasteiger partial charge is 0.192 e. The minimum absolute atomic E-state index is 0.259. The van der Waals surface area contributed by atoms with Crippen molar-refractivity contribution >= 4 is 8.32 Å². The van der Waals surface area contributed by atoms with E-state index in [1.165, 1.54) is 0 Å². The van der Waals surface area contributed by atoms with Crippen LogP contribution in [0.25, 0.3) is 0 Å². The maximum Gasteiger partial charge on any atom is 0.192 e. The van der Waals surface area contributed by atoms with Crippen LogP contribution in [0.15, 0.2) is 0 Å². The first-order chi connectivity index (χ1) is 5.27. The topological polar surface area (TPSA) is 29.5 Å². The molecule has 0 rings (SSSR count). The Kier molecular flexibility index (Phi) is 4.44. The van der Waals surface area contributed by atoms with E-state index in [2.05, 4.69) is 20.0 Å². The Labute approximate surface area is 77.1 Å². The minimum Gasteiger partial charge on any atom is -0.415 e. The van der Waals surface area contributed by atoms with Crippen LogP contribution in [-0.4, -0.2) is 25.6 Å². The molecule has 0 aliphatic carbocycles. The van der Waals surface area contributed by atoms with Gasteiger partial charge in [0, 0.05) is 11.6 Å². The van der Waals surface area contributed by atoms with Gasteiger partial charge < -0.3 is 9.53 Å². The first kappa shape index (κ1) is 12.1. The van der Waals surface area contributed by atoms with Gasteiger partial charge in [-0.3, -0.25) is 0 Å². The van der Waals surface area contributed by atoms with E-state index in [-0.39, 0.29) is 12.2 Å². The zero-order valence-electron chi connectivity index (χ0n) is 9.09. The molecule has 12 heavy (non-hydrogen) atoms. The van der Waals surface area contributed by atoms with Crippen molar-refractivity contribution in [3.8, 4) is 0 Å². The van der Waals surface area contributed by atoms with Crippen molar-refractivity contribution < 1.29 is 9.53 Å². The Morgan fingerprint density at radius 1 is 1.08 bits per heavy atom. The summed E-state index contributed by atoms with van der Waals surface area (Å²) in [5, 5.41) is 9.42. The lowest BCUT2D eigenvalue weighted by Gasteiger charge is -2.33. The predicted octanol–water partition coefficient (Wildman–Crippen LogP) is 2.39. The normalized spacial score (nSPS) is 18.0. The molecule has 1 N–H and O–H groups in total. The second-order valence-electron chi connectivity index (χ2n) is 4.30. The molecule has 0 saturated carbocycles. The van der Waals surface area contributed by atoms with E-state index in [1.54, 1.807) is 0 Å². The van der Waals surface area contributed by atoms with E-state index in [0.717, 1.165) is 0 Å². The maximum absolute atomic E-state index is 9.42. The van der Waals surface area contributed by atoms with Crippen molar-refractivity contribution in [2.45, 2.75) is 58.5 Å². The number of aliphatic hydroxyl groups excluding tert-OH is 1. The van der Waals surface area contributed by atoms with Gasteiger partial charge >= 0.3 is 0 Å². The Morgan fingerprint density at radius 3 is 1.75 bits per heavy atom. The molecule has 0 spiro atoms. The molecule has 2 nitrogen and oxygen atoms in total. The molecule has 0 aromatic carbocycles. The summed E-state index contributed by atoms with van der Waals surface area (Å²) < 4.78 is 5.84. The zero-order chi connectivity index (χ0) is 9.94. The van der Waals surface area contributed by atoms with Crippen LogP contribution < -0.4 is 0 Å². The Morgan fingerprint density at radius 2 is 1.50 bits per heavy atom. The van der Waals surface area contributed by atoms with Crippen LogP contribution in [-0.2, 0) is 4.43 Å². The third-order valence-corrected chi connectivity index (χ3v) is 6.11. The van der Waals surface area contributed by atoms with E-state index < -0.39 is 8.32 Å². The first-order valence-corrected chi connectivity index (χ1v) is 7.62. The average molecular weight is 190 g/mol. The van der Waals surface area contributed by atoms with Gasteiger partial charge in [-0.25, -0.2) is 0 Å². The molecule has 0 amide bonds. The van der Waals surface area contributed by atoms with E-state index >= 15 is 0 Å². The first-order valence-electron chi connectivity index (χ1n) is 4.63. The van der Waals surface area contributed by atoms with Crippen molar-refractivity contribution in [1.82, 2.24) is 0 Å². The van der Waals surface area contributed by atoms with Crippen LogP contribution >= 0.6 is 0 Å². The molecule has 0 aliphatic heterocycles. The van der Waals surface area contributed by atoms with Crippen molar-refractivity contribution in [2.24, 2.45) is 0 Å². The zero-order valence-corrected chi connectivity index (χ0v) is 10.1. The molecule has 0 heterocycles. The highest BCUT2D eigenvalue weighted by molar-refractivity contribution is 6.72. The molecular weight excluding hydrogens is 168 g/mol. The van der Waals surface area contributed by atoms with Crippen molar-refractivity contribution in [3.63, 3.8) is 0 Å². The molecule has 0 saturated heterocycles. The summed E-state index contributed by atoms with van der Waals surface area (Å²) in [4.78, 5) is 0. The Hall–Kier alpha value is 0.137. The van der Waals surface area contributed by atoms with Gasteiger partial charge in [0.05, 0.1) is 6.10 Å². The van der Waals surface area contributed by atoms with Gasteiger partial charge in [-0.1, -0.05) is 6.92 Å². The number of hydrogen-bond donors (Lipinski definition) is 1. The van der Waals surface area contributed by atoms with E-state index in [4.69, 9.17) is 4.43 Å². The molecule has 2 atom stereocenters. The summed E-state index contributed by atoms with van der Waals surface area (Å²) in [5.41, 5.74) is 0.292. The van der Waals surface area contributed by atoms with Gasteiger partial charge in [-0.05, 0) is 33.9 Å². The fourth-order valence-electron chi connectivity index (χ4n) is 1.30. The summed E-state index contributed by atoms with van der Waals surface area (Å²) >= 11 is 0. The van der Waals surface area contributed by atoms with Crippen LogP contribution in [0.3, 0.4) is 0 Å². The Balaban J connectivity index is 4.18. The lowest BCUT2D eigenvalue weighted by atomic mass is 10.3. The van der Waals surface area contributed by atoms with Crippen molar-refractivity contribution in [3.05, 3.63) is 0 Å². The average Bonchev–Trinajstić information content (AvgIpc) is 1.82. The van der Waals surface area contributed by atoms with Crippen LogP contribution in [0.1, 0.15) is 27.7 Å². The summed E-state index contributed by atoms with van der Waals surface area (Å²) in [6.45, 7) is 12.3. The lowest BCUT2D eigenvalue weighted by Crippen LogP contribution is -2.41. The molecular formula is C9H22O2Si. The highest BCUT2D eigenvalue weighted by Crippen LogP contribution is 2.26. The fraction of sp³-hybridized carbons (Fsp3) is 1.00. The number of hydrogen-bond acceptors (Lipinski definition) is 2.